The highest BCUT2D eigenvalue weighted by Crippen LogP contribution is 2.35. The van der Waals surface area contributed by atoms with Gasteiger partial charge < -0.3 is 4.57 Å². The normalized spacial score (nSPS) is 29.5. The van der Waals surface area contributed by atoms with Crippen molar-refractivity contribution in [2.75, 3.05) is 13.1 Å². The van der Waals surface area contributed by atoms with Crippen molar-refractivity contribution in [3.63, 3.8) is 0 Å². The summed E-state index contributed by atoms with van der Waals surface area (Å²) in [4.78, 5) is 16.4. The lowest BCUT2D eigenvalue weighted by Gasteiger charge is -2.22. The van der Waals surface area contributed by atoms with E-state index in [1.807, 2.05) is 6.20 Å². The van der Waals surface area contributed by atoms with Crippen LogP contribution in [0.1, 0.15) is 25.3 Å². The average Bonchev–Trinajstić information content (AvgIpc) is 2.80. The quantitative estimate of drug-likeness (QED) is 0.749. The number of hydrogen-bond acceptors (Lipinski definition) is 3. The van der Waals surface area contributed by atoms with E-state index in [-0.39, 0.29) is 5.56 Å². The van der Waals surface area contributed by atoms with Gasteiger partial charge in [-0.15, -0.1) is 0 Å². The Morgan fingerprint density at radius 3 is 3.00 bits per heavy atom. The van der Waals surface area contributed by atoms with Crippen LogP contribution in [-0.4, -0.2) is 33.6 Å². The zero-order valence-corrected chi connectivity index (χ0v) is 9.87. The topological polar surface area (TPSA) is 41.0 Å². The van der Waals surface area contributed by atoms with Gasteiger partial charge in [-0.05, 0) is 38.0 Å². The van der Waals surface area contributed by atoms with Gasteiger partial charge in [0.15, 0.2) is 4.77 Å². The average molecular weight is 237 g/mol. The first-order valence-electron chi connectivity index (χ1n) is 5.81. The highest BCUT2D eigenvalue weighted by atomic mass is 32.1. The highest BCUT2D eigenvalue weighted by molar-refractivity contribution is 7.71. The third kappa shape index (κ3) is 1.55. The molecule has 1 N–H and O–H groups in total. The van der Waals surface area contributed by atoms with E-state index in [9.17, 15) is 4.79 Å². The fourth-order valence-electron chi connectivity index (χ4n) is 3.07. The fourth-order valence-corrected chi connectivity index (χ4v) is 3.37. The number of H-pyrrole nitrogens is 1. The molecule has 16 heavy (non-hydrogen) atoms. The van der Waals surface area contributed by atoms with Crippen LogP contribution in [0, 0.1) is 4.77 Å². The monoisotopic (exact) mass is 237 g/mol. The number of fused-ring (bicyclic) bond motifs is 1. The predicted molar refractivity (Wildman–Crippen MR) is 64.1 cm³/mol. The molecule has 2 unspecified atom stereocenters. The van der Waals surface area contributed by atoms with Gasteiger partial charge >= 0.3 is 0 Å². The molecule has 0 spiro atoms. The van der Waals surface area contributed by atoms with Crippen molar-refractivity contribution in [2.24, 2.45) is 0 Å². The minimum Gasteiger partial charge on any atom is -0.320 e. The van der Waals surface area contributed by atoms with Gasteiger partial charge in [0.05, 0.1) is 6.04 Å². The molecular formula is C11H15N3OS. The number of aromatic amines is 1. The predicted octanol–water partition coefficient (Wildman–Crippen LogP) is 1.32. The smallest absolute Gasteiger partial charge is 0.251 e. The molecule has 0 aromatic carbocycles. The molecule has 5 heteroatoms. The van der Waals surface area contributed by atoms with Gasteiger partial charge in [0.25, 0.3) is 5.56 Å². The van der Waals surface area contributed by atoms with Crippen LogP contribution in [0.25, 0.3) is 0 Å². The summed E-state index contributed by atoms with van der Waals surface area (Å²) in [5.41, 5.74) is -0.109. The zero-order chi connectivity index (χ0) is 11.1. The molecular weight excluding hydrogens is 222 g/mol. The SMILES string of the molecule is O=c1ccn(C2CCN3CCCC23)c(=S)[nH]1. The van der Waals surface area contributed by atoms with E-state index < -0.39 is 0 Å². The molecule has 3 rings (SSSR count). The number of rotatable bonds is 1. The molecule has 1 aromatic rings. The molecule has 86 valence electrons. The van der Waals surface area contributed by atoms with E-state index in [4.69, 9.17) is 12.2 Å². The molecule has 0 aliphatic carbocycles. The molecule has 2 aliphatic rings. The first-order chi connectivity index (χ1) is 7.75. The largest absolute Gasteiger partial charge is 0.320 e. The van der Waals surface area contributed by atoms with Gasteiger partial charge in [0, 0.05) is 24.8 Å². The molecule has 2 atom stereocenters. The molecule has 2 fully saturated rings. The Kier molecular flexibility index (Phi) is 2.44. The number of nitrogens with zero attached hydrogens (tertiary/aromatic N) is 2. The Morgan fingerprint density at radius 1 is 1.31 bits per heavy atom. The summed E-state index contributed by atoms with van der Waals surface area (Å²) >= 11 is 5.22. The van der Waals surface area contributed by atoms with Crippen LogP contribution in [0.2, 0.25) is 0 Å². The van der Waals surface area contributed by atoms with Crippen molar-refractivity contribution in [3.05, 3.63) is 27.4 Å². The molecule has 0 amide bonds. The molecule has 1 aromatic heterocycles. The Bertz CT molecular complexity index is 506. The lowest BCUT2D eigenvalue weighted by Crippen LogP contribution is -2.28. The summed E-state index contributed by atoms with van der Waals surface area (Å²) in [6.07, 6.45) is 5.53. The Hall–Kier alpha value is -0.940. The number of nitrogens with one attached hydrogen (secondary N) is 1. The second-order valence-corrected chi connectivity index (χ2v) is 5.01. The van der Waals surface area contributed by atoms with Crippen molar-refractivity contribution in [2.45, 2.75) is 31.3 Å². The van der Waals surface area contributed by atoms with Gasteiger partial charge in [-0.25, -0.2) is 0 Å². The van der Waals surface area contributed by atoms with Crippen LogP contribution in [0.5, 0.6) is 0 Å². The second kappa shape index (κ2) is 3.82. The Morgan fingerprint density at radius 2 is 2.19 bits per heavy atom. The lowest BCUT2D eigenvalue weighted by molar-refractivity contribution is 0.288. The van der Waals surface area contributed by atoms with E-state index in [1.54, 1.807) is 6.07 Å². The maximum Gasteiger partial charge on any atom is 0.251 e. The summed E-state index contributed by atoms with van der Waals surface area (Å²) in [6.45, 7) is 2.38. The van der Waals surface area contributed by atoms with Crippen LogP contribution in [0.4, 0.5) is 0 Å². The Labute approximate surface area is 98.9 Å². The van der Waals surface area contributed by atoms with Gasteiger partial charge in [-0.2, -0.15) is 0 Å². The van der Waals surface area contributed by atoms with E-state index in [1.165, 1.54) is 19.4 Å². The molecule has 0 radical (unpaired) electrons. The molecule has 2 saturated heterocycles. The van der Waals surface area contributed by atoms with E-state index in [0.717, 1.165) is 13.0 Å². The molecule has 3 heterocycles. The van der Waals surface area contributed by atoms with E-state index >= 15 is 0 Å². The molecule has 0 bridgehead atoms. The number of aromatic nitrogens is 2. The lowest BCUT2D eigenvalue weighted by atomic mass is 10.1. The van der Waals surface area contributed by atoms with Gasteiger partial charge in [0.1, 0.15) is 0 Å². The maximum absolute atomic E-state index is 11.1. The van der Waals surface area contributed by atoms with Crippen molar-refractivity contribution in [1.82, 2.24) is 14.5 Å². The highest BCUT2D eigenvalue weighted by Gasteiger charge is 2.37. The van der Waals surface area contributed by atoms with Crippen molar-refractivity contribution < 1.29 is 0 Å². The summed E-state index contributed by atoms with van der Waals surface area (Å²) < 4.78 is 2.62. The molecule has 2 aliphatic heterocycles. The summed E-state index contributed by atoms with van der Waals surface area (Å²) in [7, 11) is 0. The van der Waals surface area contributed by atoms with Crippen molar-refractivity contribution in [1.29, 1.82) is 0 Å². The summed E-state index contributed by atoms with van der Waals surface area (Å²) in [6, 6.07) is 2.64. The van der Waals surface area contributed by atoms with E-state index in [2.05, 4.69) is 14.5 Å². The van der Waals surface area contributed by atoms with Gasteiger partial charge in [-0.1, -0.05) is 0 Å². The summed E-state index contributed by atoms with van der Waals surface area (Å²) in [5.74, 6) is 0. The third-order valence-corrected chi connectivity index (χ3v) is 4.09. The molecule has 0 saturated carbocycles. The minimum absolute atomic E-state index is 0.109. The first-order valence-corrected chi connectivity index (χ1v) is 6.22. The minimum atomic E-state index is -0.109. The van der Waals surface area contributed by atoms with Crippen LogP contribution < -0.4 is 5.56 Å². The Balaban J connectivity index is 1.98. The van der Waals surface area contributed by atoms with Crippen LogP contribution in [0.3, 0.4) is 0 Å². The number of hydrogen-bond donors (Lipinski definition) is 1. The standard InChI is InChI=1S/C11H15N3OS/c15-10-4-7-14(11(16)12-10)9-3-6-13-5-1-2-8(9)13/h4,7-9H,1-3,5-6H2,(H,12,15,16). The molecule has 4 nitrogen and oxygen atoms in total. The maximum atomic E-state index is 11.1. The van der Waals surface area contributed by atoms with E-state index in [0.29, 0.717) is 16.9 Å². The summed E-state index contributed by atoms with van der Waals surface area (Å²) in [5, 5.41) is 0. The van der Waals surface area contributed by atoms with Crippen molar-refractivity contribution >= 4 is 12.2 Å². The van der Waals surface area contributed by atoms with Crippen LogP contribution in [-0.2, 0) is 0 Å². The van der Waals surface area contributed by atoms with Crippen LogP contribution in [0.15, 0.2) is 17.1 Å². The third-order valence-electron chi connectivity index (χ3n) is 3.78. The van der Waals surface area contributed by atoms with Gasteiger partial charge in [-0.3, -0.25) is 14.7 Å². The van der Waals surface area contributed by atoms with Crippen molar-refractivity contribution in [3.8, 4) is 0 Å². The van der Waals surface area contributed by atoms with Crippen LogP contribution >= 0.6 is 12.2 Å². The first kappa shape index (κ1) is 10.2. The van der Waals surface area contributed by atoms with Gasteiger partial charge in [0.2, 0.25) is 0 Å². The fraction of sp³-hybridized carbons (Fsp3) is 0.636. The second-order valence-electron chi connectivity index (χ2n) is 4.62. The zero-order valence-electron chi connectivity index (χ0n) is 9.06.